The molecule has 1 amide bonds. The minimum atomic E-state index is -0.709. The number of nitrogens with one attached hydrogen (secondary N) is 1. The van der Waals surface area contributed by atoms with Crippen LogP contribution in [0.5, 0.6) is 0 Å². The number of carbonyl (C=O) groups excluding carboxylic acids is 2. The standard InChI is InChI=1S/C19H15ClFNO3S/c1-11(12-5-3-2-4-6-12)22-16(23)10-25-19(24)18-17(20)14-8-7-13(21)9-15(14)26-18/h2-9,11H,10H2,1H3,(H,22,23). The number of halogens is 2. The Balaban J connectivity index is 1.62. The number of esters is 1. The van der Waals surface area contributed by atoms with Crippen molar-refractivity contribution < 1.29 is 18.7 Å². The highest BCUT2D eigenvalue weighted by Crippen LogP contribution is 2.36. The van der Waals surface area contributed by atoms with E-state index in [0.29, 0.717) is 10.1 Å². The lowest BCUT2D eigenvalue weighted by Gasteiger charge is -2.14. The third-order valence-electron chi connectivity index (χ3n) is 3.79. The molecule has 0 spiro atoms. The number of fused-ring (bicyclic) bond motifs is 1. The van der Waals surface area contributed by atoms with Crippen molar-refractivity contribution in [3.63, 3.8) is 0 Å². The summed E-state index contributed by atoms with van der Waals surface area (Å²) in [6, 6.07) is 13.3. The van der Waals surface area contributed by atoms with Gasteiger partial charge in [0.1, 0.15) is 10.7 Å². The van der Waals surface area contributed by atoms with Gasteiger partial charge in [0.2, 0.25) is 0 Å². The summed E-state index contributed by atoms with van der Waals surface area (Å²) >= 11 is 7.20. The molecule has 0 aliphatic heterocycles. The highest BCUT2D eigenvalue weighted by Gasteiger charge is 2.20. The normalized spacial score (nSPS) is 12.0. The van der Waals surface area contributed by atoms with Gasteiger partial charge >= 0.3 is 5.97 Å². The van der Waals surface area contributed by atoms with Gasteiger partial charge in [-0.2, -0.15) is 0 Å². The van der Waals surface area contributed by atoms with Gasteiger partial charge in [-0.15, -0.1) is 11.3 Å². The van der Waals surface area contributed by atoms with Gasteiger partial charge in [0.15, 0.2) is 6.61 Å². The van der Waals surface area contributed by atoms with Gasteiger partial charge in [-0.25, -0.2) is 9.18 Å². The van der Waals surface area contributed by atoms with E-state index in [0.717, 1.165) is 16.9 Å². The van der Waals surface area contributed by atoms with Crippen LogP contribution in [0.4, 0.5) is 4.39 Å². The Bertz CT molecular complexity index is 958. The van der Waals surface area contributed by atoms with Crippen LogP contribution in [0.25, 0.3) is 10.1 Å². The quantitative estimate of drug-likeness (QED) is 0.640. The molecular weight excluding hydrogens is 377 g/mol. The van der Waals surface area contributed by atoms with Crippen LogP contribution < -0.4 is 5.32 Å². The smallest absolute Gasteiger partial charge is 0.350 e. The predicted molar refractivity (Wildman–Crippen MR) is 100 cm³/mol. The number of hydrogen-bond acceptors (Lipinski definition) is 4. The topological polar surface area (TPSA) is 55.4 Å². The molecule has 0 saturated heterocycles. The SMILES string of the molecule is CC(NC(=O)COC(=O)c1sc2cc(F)ccc2c1Cl)c1ccccc1. The minimum Gasteiger partial charge on any atom is -0.451 e. The monoisotopic (exact) mass is 391 g/mol. The van der Waals surface area contributed by atoms with Crippen LogP contribution in [0.1, 0.15) is 28.2 Å². The summed E-state index contributed by atoms with van der Waals surface area (Å²) < 4.78 is 18.9. The first-order chi connectivity index (χ1) is 12.5. The molecule has 26 heavy (non-hydrogen) atoms. The summed E-state index contributed by atoms with van der Waals surface area (Å²) in [7, 11) is 0. The van der Waals surface area contributed by atoms with Crippen molar-refractivity contribution >= 4 is 44.9 Å². The Kier molecular flexibility index (Phi) is 5.54. The summed E-state index contributed by atoms with van der Waals surface area (Å²) in [6.07, 6.45) is 0. The number of rotatable bonds is 5. The molecule has 1 heterocycles. The van der Waals surface area contributed by atoms with E-state index in [2.05, 4.69) is 5.32 Å². The molecule has 1 aromatic heterocycles. The Hall–Kier alpha value is -2.44. The first-order valence-corrected chi connectivity index (χ1v) is 9.04. The van der Waals surface area contributed by atoms with Crippen LogP contribution in [-0.4, -0.2) is 18.5 Å². The molecule has 4 nitrogen and oxygen atoms in total. The van der Waals surface area contributed by atoms with Gasteiger partial charge in [0, 0.05) is 10.1 Å². The highest BCUT2D eigenvalue weighted by atomic mass is 35.5. The summed E-state index contributed by atoms with van der Waals surface area (Å²) in [5.41, 5.74) is 0.946. The van der Waals surface area contributed by atoms with Crippen LogP contribution in [0, 0.1) is 5.82 Å². The van der Waals surface area contributed by atoms with Crippen molar-refractivity contribution in [3.05, 3.63) is 69.8 Å². The second-order valence-corrected chi connectivity index (χ2v) is 7.09. The van der Waals surface area contributed by atoms with Gasteiger partial charge in [-0.1, -0.05) is 41.9 Å². The number of hydrogen-bond donors (Lipinski definition) is 1. The van der Waals surface area contributed by atoms with E-state index < -0.39 is 24.3 Å². The van der Waals surface area contributed by atoms with Crippen LogP contribution >= 0.6 is 22.9 Å². The van der Waals surface area contributed by atoms with E-state index >= 15 is 0 Å². The fourth-order valence-electron chi connectivity index (χ4n) is 2.48. The van der Waals surface area contributed by atoms with Gasteiger partial charge in [0.25, 0.3) is 5.91 Å². The first kappa shape index (κ1) is 18.4. The number of thiophene rings is 1. The summed E-state index contributed by atoms with van der Waals surface area (Å²) in [6.45, 7) is 1.42. The number of benzene rings is 2. The van der Waals surface area contributed by atoms with Crippen LogP contribution in [0.2, 0.25) is 5.02 Å². The fraction of sp³-hybridized carbons (Fsp3) is 0.158. The third-order valence-corrected chi connectivity index (χ3v) is 5.43. The molecule has 134 valence electrons. The van der Waals surface area contributed by atoms with Crippen LogP contribution in [-0.2, 0) is 9.53 Å². The summed E-state index contributed by atoms with van der Waals surface area (Å²) in [5.74, 6) is -1.54. The molecule has 1 atom stereocenters. The average Bonchev–Trinajstić information content (AvgIpc) is 2.96. The third kappa shape index (κ3) is 4.03. The van der Waals surface area contributed by atoms with Gasteiger partial charge in [0.05, 0.1) is 11.1 Å². The lowest BCUT2D eigenvalue weighted by molar-refractivity contribution is -0.124. The van der Waals surface area contributed by atoms with E-state index in [1.165, 1.54) is 18.2 Å². The van der Waals surface area contributed by atoms with Crippen LogP contribution in [0.3, 0.4) is 0 Å². The molecule has 1 unspecified atom stereocenters. The van der Waals surface area contributed by atoms with Crippen molar-refractivity contribution in [2.45, 2.75) is 13.0 Å². The lowest BCUT2D eigenvalue weighted by Crippen LogP contribution is -2.31. The largest absolute Gasteiger partial charge is 0.451 e. The van der Waals surface area contributed by atoms with E-state index in [1.807, 2.05) is 37.3 Å². The van der Waals surface area contributed by atoms with Crippen molar-refractivity contribution in [1.82, 2.24) is 5.32 Å². The van der Waals surface area contributed by atoms with Crippen molar-refractivity contribution in [2.24, 2.45) is 0 Å². The van der Waals surface area contributed by atoms with Gasteiger partial charge < -0.3 is 10.1 Å². The lowest BCUT2D eigenvalue weighted by atomic mass is 10.1. The molecule has 0 fully saturated rings. The predicted octanol–water partition coefficient (Wildman–Crippen LogP) is 4.73. The summed E-state index contributed by atoms with van der Waals surface area (Å²) in [5, 5.41) is 3.53. The van der Waals surface area contributed by atoms with E-state index in [4.69, 9.17) is 16.3 Å². The molecule has 0 radical (unpaired) electrons. The zero-order valence-corrected chi connectivity index (χ0v) is 15.4. The Morgan fingerprint density at radius 2 is 1.96 bits per heavy atom. The highest BCUT2D eigenvalue weighted by molar-refractivity contribution is 7.21. The van der Waals surface area contributed by atoms with Crippen molar-refractivity contribution in [1.29, 1.82) is 0 Å². The maximum Gasteiger partial charge on any atom is 0.350 e. The molecule has 1 N–H and O–H groups in total. The van der Waals surface area contributed by atoms with Crippen LogP contribution in [0.15, 0.2) is 48.5 Å². The Morgan fingerprint density at radius 1 is 1.23 bits per heavy atom. The average molecular weight is 392 g/mol. The second-order valence-electron chi connectivity index (χ2n) is 5.66. The Labute approximate surface area is 158 Å². The molecule has 3 aromatic rings. The molecule has 0 aliphatic carbocycles. The molecule has 7 heteroatoms. The summed E-state index contributed by atoms with van der Waals surface area (Å²) in [4.78, 5) is 24.4. The van der Waals surface area contributed by atoms with E-state index in [9.17, 15) is 14.0 Å². The van der Waals surface area contributed by atoms with Gasteiger partial charge in [-0.05, 0) is 30.7 Å². The zero-order valence-electron chi connectivity index (χ0n) is 13.8. The molecule has 0 saturated carbocycles. The second kappa shape index (κ2) is 7.85. The molecule has 3 rings (SSSR count). The van der Waals surface area contributed by atoms with Gasteiger partial charge in [-0.3, -0.25) is 4.79 Å². The molecule has 0 aliphatic rings. The fourth-order valence-corrected chi connectivity index (χ4v) is 3.90. The molecule has 2 aromatic carbocycles. The number of ether oxygens (including phenoxy) is 1. The van der Waals surface area contributed by atoms with E-state index in [-0.39, 0.29) is 15.9 Å². The number of amides is 1. The zero-order chi connectivity index (χ0) is 18.7. The van der Waals surface area contributed by atoms with E-state index in [1.54, 1.807) is 0 Å². The maximum atomic E-state index is 13.3. The minimum absolute atomic E-state index is 0.149. The molecular formula is C19H15ClFNO3S. The molecule has 0 bridgehead atoms. The Morgan fingerprint density at radius 3 is 2.69 bits per heavy atom. The maximum absolute atomic E-state index is 13.3. The van der Waals surface area contributed by atoms with Crippen molar-refractivity contribution in [2.75, 3.05) is 6.61 Å². The first-order valence-electron chi connectivity index (χ1n) is 7.84. The number of carbonyl (C=O) groups is 2. The van der Waals surface area contributed by atoms with Crippen molar-refractivity contribution in [3.8, 4) is 0 Å².